The number of nitrogens with zero attached hydrogens (tertiary/aromatic N) is 4. The van der Waals surface area contributed by atoms with Crippen LogP contribution in [-0.4, -0.2) is 72.6 Å². The lowest BCUT2D eigenvalue weighted by Crippen LogP contribution is -2.20. The number of rotatable bonds is 0. The number of benzene rings is 2. The summed E-state index contributed by atoms with van der Waals surface area (Å²) in [5, 5.41) is 11.7. The Morgan fingerprint density at radius 2 is 0.848 bits per heavy atom. The number of aromatic nitrogens is 4. The lowest BCUT2D eigenvalue weighted by molar-refractivity contribution is -0.0137. The first-order valence-electron chi connectivity index (χ1n) is 11.2. The van der Waals surface area contributed by atoms with Crippen LogP contribution in [0.25, 0.3) is 21.8 Å². The molecule has 0 N–H and O–H groups in total. The van der Waals surface area contributed by atoms with E-state index in [0.29, 0.717) is 66.1 Å². The van der Waals surface area contributed by atoms with Crippen LogP contribution in [-0.2, 0) is 36.9 Å². The maximum Gasteiger partial charge on any atom is 0.0982 e. The molecule has 9 heteroatoms. The summed E-state index contributed by atoms with van der Waals surface area (Å²) in [5.74, 6) is 0. The normalized spacial score (nSPS) is 17.7. The van der Waals surface area contributed by atoms with Gasteiger partial charge in [0.25, 0.3) is 0 Å². The van der Waals surface area contributed by atoms with E-state index in [0.717, 1.165) is 33.2 Å². The maximum absolute atomic E-state index is 5.96. The molecule has 4 aromatic rings. The van der Waals surface area contributed by atoms with Crippen molar-refractivity contribution in [3.63, 3.8) is 0 Å². The fraction of sp³-hybridized carbons (Fsp3) is 0.417. The zero-order valence-electron chi connectivity index (χ0n) is 18.5. The molecule has 174 valence electrons. The van der Waals surface area contributed by atoms with Gasteiger partial charge in [-0.05, 0) is 12.1 Å². The Labute approximate surface area is 191 Å². The third kappa shape index (κ3) is 5.07. The third-order valence-corrected chi connectivity index (χ3v) is 5.46. The van der Waals surface area contributed by atoms with E-state index in [2.05, 4.69) is 12.1 Å². The Morgan fingerprint density at radius 3 is 1.27 bits per heavy atom. The first-order valence-corrected chi connectivity index (χ1v) is 11.2. The van der Waals surface area contributed by atoms with Crippen LogP contribution in [0.15, 0.2) is 48.5 Å². The van der Waals surface area contributed by atoms with Crippen LogP contribution in [0.5, 0.6) is 0 Å². The minimum absolute atomic E-state index is 0.380. The summed E-state index contributed by atoms with van der Waals surface area (Å²) in [6.07, 6.45) is 0. The smallest absolute Gasteiger partial charge is 0.0982 e. The van der Waals surface area contributed by atoms with Gasteiger partial charge in [-0.3, -0.25) is 0 Å². The minimum Gasteiger partial charge on any atom is -0.377 e. The standard InChI is InChI=1S/C24H28N4O5/c1-3-7-21-19(5-1)23-17-32-15-13-30-11-9-29-10-12-31-14-16-33-18-24-20-6-2-4-8-22(20)26-28(24)27(23)25-21/h1-8H,9-18H2. The zero-order valence-corrected chi connectivity index (χ0v) is 18.5. The second-order valence-corrected chi connectivity index (χ2v) is 7.65. The van der Waals surface area contributed by atoms with Crippen molar-refractivity contribution in [3.8, 4) is 0 Å². The molecule has 2 aromatic carbocycles. The Hall–Kier alpha value is -2.82. The minimum atomic E-state index is 0.380. The highest BCUT2D eigenvalue weighted by Crippen LogP contribution is 2.24. The molecule has 0 unspecified atom stereocenters. The summed E-state index contributed by atoms with van der Waals surface area (Å²) in [6, 6.07) is 16.1. The van der Waals surface area contributed by atoms with Crippen LogP contribution in [0.3, 0.4) is 0 Å². The Balaban J connectivity index is 1.50. The van der Waals surface area contributed by atoms with Gasteiger partial charge >= 0.3 is 0 Å². The molecule has 0 saturated carbocycles. The molecule has 5 rings (SSSR count). The molecule has 1 aliphatic heterocycles. The highest BCUT2D eigenvalue weighted by atomic mass is 16.6. The van der Waals surface area contributed by atoms with E-state index in [1.807, 2.05) is 46.0 Å². The summed E-state index contributed by atoms with van der Waals surface area (Å²) in [4.78, 5) is 3.64. The number of fused-ring (bicyclic) bond motifs is 7. The van der Waals surface area contributed by atoms with Crippen molar-refractivity contribution in [2.75, 3.05) is 52.9 Å². The van der Waals surface area contributed by atoms with Gasteiger partial charge in [0.2, 0.25) is 0 Å². The van der Waals surface area contributed by atoms with E-state index in [-0.39, 0.29) is 0 Å². The van der Waals surface area contributed by atoms with Gasteiger partial charge in [0.05, 0.1) is 88.5 Å². The molecule has 0 spiro atoms. The van der Waals surface area contributed by atoms with E-state index in [4.69, 9.17) is 33.9 Å². The number of hydrogen-bond donors (Lipinski definition) is 0. The van der Waals surface area contributed by atoms with Crippen LogP contribution in [0.1, 0.15) is 11.4 Å². The topological polar surface area (TPSA) is 81.8 Å². The highest BCUT2D eigenvalue weighted by molar-refractivity contribution is 5.83. The van der Waals surface area contributed by atoms with Crippen LogP contribution in [0.4, 0.5) is 0 Å². The molecule has 0 saturated heterocycles. The molecule has 33 heavy (non-hydrogen) atoms. The van der Waals surface area contributed by atoms with Gasteiger partial charge < -0.3 is 23.7 Å². The first kappa shape index (κ1) is 22.0. The summed E-state index contributed by atoms with van der Waals surface area (Å²) < 4.78 is 28.6. The Bertz CT molecular complexity index is 1100. The van der Waals surface area contributed by atoms with Gasteiger partial charge in [-0.2, -0.15) is 19.8 Å². The molecular weight excluding hydrogens is 424 g/mol. The lowest BCUT2D eigenvalue weighted by Gasteiger charge is -2.12. The number of hydrogen-bond acceptors (Lipinski definition) is 7. The fourth-order valence-corrected chi connectivity index (χ4v) is 3.85. The van der Waals surface area contributed by atoms with Crippen LogP contribution in [0, 0.1) is 0 Å². The third-order valence-electron chi connectivity index (χ3n) is 5.46. The molecule has 1 aliphatic rings. The quantitative estimate of drug-likeness (QED) is 0.406. The van der Waals surface area contributed by atoms with Crippen molar-refractivity contribution in [1.29, 1.82) is 0 Å². The van der Waals surface area contributed by atoms with E-state index in [1.54, 1.807) is 0 Å². The Kier molecular flexibility index (Phi) is 7.24. The maximum atomic E-state index is 5.96. The zero-order chi connectivity index (χ0) is 22.3. The molecule has 0 fully saturated rings. The van der Waals surface area contributed by atoms with Crippen molar-refractivity contribution in [2.24, 2.45) is 0 Å². The van der Waals surface area contributed by atoms with E-state index >= 15 is 0 Å². The molecule has 0 radical (unpaired) electrons. The second-order valence-electron chi connectivity index (χ2n) is 7.65. The lowest BCUT2D eigenvalue weighted by atomic mass is 10.2. The van der Waals surface area contributed by atoms with Gasteiger partial charge in [0.15, 0.2) is 0 Å². The molecule has 2 aromatic heterocycles. The number of ether oxygens (including phenoxy) is 5. The predicted octanol–water partition coefficient (Wildman–Crippen LogP) is 2.79. The molecule has 0 amide bonds. The van der Waals surface area contributed by atoms with Crippen LogP contribution < -0.4 is 0 Å². The molecule has 0 aliphatic carbocycles. The average molecular weight is 453 g/mol. The summed E-state index contributed by atoms with van der Waals surface area (Å²) in [5.41, 5.74) is 3.60. The van der Waals surface area contributed by atoms with Gasteiger partial charge in [-0.15, -0.1) is 0 Å². The highest BCUT2D eigenvalue weighted by Gasteiger charge is 2.19. The van der Waals surface area contributed by atoms with E-state index in [9.17, 15) is 0 Å². The van der Waals surface area contributed by atoms with Crippen LogP contribution >= 0.6 is 0 Å². The van der Waals surface area contributed by atoms with Crippen molar-refractivity contribution < 1.29 is 23.7 Å². The molecular formula is C24H28N4O5. The fourth-order valence-electron chi connectivity index (χ4n) is 3.85. The van der Waals surface area contributed by atoms with E-state index < -0.39 is 0 Å². The molecule has 0 atom stereocenters. The summed E-state index contributed by atoms with van der Waals surface area (Å²) >= 11 is 0. The van der Waals surface area contributed by atoms with Crippen LogP contribution in [0.2, 0.25) is 0 Å². The average Bonchev–Trinajstić information content (AvgIpc) is 3.39. The van der Waals surface area contributed by atoms with Crippen molar-refractivity contribution >= 4 is 21.8 Å². The van der Waals surface area contributed by atoms with Gasteiger partial charge in [0.1, 0.15) is 0 Å². The van der Waals surface area contributed by atoms with Gasteiger partial charge in [0, 0.05) is 10.8 Å². The second kappa shape index (κ2) is 10.9. The molecule has 3 heterocycles. The summed E-state index contributed by atoms with van der Waals surface area (Å²) in [7, 11) is 0. The van der Waals surface area contributed by atoms with Gasteiger partial charge in [-0.1, -0.05) is 36.4 Å². The van der Waals surface area contributed by atoms with Crippen molar-refractivity contribution in [1.82, 2.24) is 19.8 Å². The molecule has 0 bridgehead atoms. The summed E-state index contributed by atoms with van der Waals surface area (Å²) in [6.45, 7) is 4.81. The SMILES string of the molecule is c1ccc2c3n(nc2c1)-n1nc2ccccc2c1COCCOCCOCCOCCOC3. The molecule has 9 nitrogen and oxygen atoms in total. The van der Waals surface area contributed by atoms with Gasteiger partial charge in [-0.25, -0.2) is 0 Å². The first-order chi connectivity index (χ1) is 16.4. The van der Waals surface area contributed by atoms with E-state index in [1.165, 1.54) is 0 Å². The van der Waals surface area contributed by atoms with Crippen molar-refractivity contribution in [3.05, 3.63) is 59.9 Å². The largest absolute Gasteiger partial charge is 0.377 e. The monoisotopic (exact) mass is 452 g/mol. The Morgan fingerprint density at radius 1 is 0.485 bits per heavy atom. The predicted molar refractivity (Wildman–Crippen MR) is 122 cm³/mol. The van der Waals surface area contributed by atoms with Crippen molar-refractivity contribution in [2.45, 2.75) is 13.2 Å².